The lowest BCUT2D eigenvalue weighted by molar-refractivity contribution is -0.124. The number of carbonyl (C=O) groups excluding carboxylic acids is 3. The van der Waals surface area contributed by atoms with Crippen molar-refractivity contribution in [3.8, 4) is 0 Å². The Kier molecular flexibility index (Phi) is 5.21. The standard InChI is InChI=1S/C26H23N3O3S/c1-17-8-7-10-19(14-17)29-24(31)16-33-26(29)20-11-4-6-13-22(20)28(25(26)32)15-23(30)27-21-12-5-3-9-18(21)2/h3-14H,15-16H2,1-2H3,(H,27,30). The molecule has 2 aliphatic heterocycles. The predicted octanol–water partition coefficient (Wildman–Crippen LogP) is 4.22. The first-order valence-electron chi connectivity index (χ1n) is 10.7. The van der Waals surface area contributed by atoms with Gasteiger partial charge in [0.05, 0.1) is 11.4 Å². The van der Waals surface area contributed by atoms with E-state index in [9.17, 15) is 14.4 Å². The lowest BCUT2D eigenvalue weighted by atomic mass is 10.0. The molecular weight excluding hydrogens is 434 g/mol. The Labute approximate surface area is 196 Å². The molecule has 1 spiro atoms. The average molecular weight is 458 g/mol. The zero-order chi connectivity index (χ0) is 23.2. The molecule has 0 saturated carbocycles. The second-order valence-corrected chi connectivity index (χ2v) is 9.44. The summed E-state index contributed by atoms with van der Waals surface area (Å²) in [6.07, 6.45) is 0. The van der Waals surface area contributed by atoms with E-state index in [-0.39, 0.29) is 30.0 Å². The Balaban J connectivity index is 1.53. The second-order valence-electron chi connectivity index (χ2n) is 8.27. The van der Waals surface area contributed by atoms with Crippen LogP contribution in [0.15, 0.2) is 72.8 Å². The third kappa shape index (κ3) is 3.40. The molecule has 1 unspecified atom stereocenters. The zero-order valence-electron chi connectivity index (χ0n) is 18.4. The van der Waals surface area contributed by atoms with E-state index in [1.54, 1.807) is 4.90 Å². The number of hydrogen-bond donors (Lipinski definition) is 1. The molecule has 0 aliphatic carbocycles. The van der Waals surface area contributed by atoms with Crippen LogP contribution in [0.2, 0.25) is 0 Å². The number of aryl methyl sites for hydroxylation is 2. The Morgan fingerprint density at radius 1 is 1.00 bits per heavy atom. The number of benzene rings is 3. The molecule has 166 valence electrons. The minimum atomic E-state index is -1.22. The van der Waals surface area contributed by atoms with E-state index in [2.05, 4.69) is 5.32 Å². The Morgan fingerprint density at radius 2 is 1.76 bits per heavy atom. The van der Waals surface area contributed by atoms with Crippen molar-refractivity contribution in [2.75, 3.05) is 27.4 Å². The predicted molar refractivity (Wildman–Crippen MR) is 131 cm³/mol. The summed E-state index contributed by atoms with van der Waals surface area (Å²) in [7, 11) is 0. The fraction of sp³-hybridized carbons (Fsp3) is 0.192. The molecule has 3 aromatic carbocycles. The highest BCUT2D eigenvalue weighted by atomic mass is 32.2. The van der Waals surface area contributed by atoms with E-state index >= 15 is 0 Å². The summed E-state index contributed by atoms with van der Waals surface area (Å²) < 4.78 is 0. The molecule has 2 heterocycles. The third-order valence-corrected chi connectivity index (χ3v) is 7.43. The minimum absolute atomic E-state index is 0.125. The van der Waals surface area contributed by atoms with Crippen LogP contribution in [-0.4, -0.2) is 30.0 Å². The molecule has 3 amide bonds. The number of amides is 3. The molecule has 6 nitrogen and oxygen atoms in total. The van der Waals surface area contributed by atoms with Gasteiger partial charge in [0.2, 0.25) is 16.7 Å². The second kappa shape index (κ2) is 8.08. The van der Waals surface area contributed by atoms with Gasteiger partial charge in [-0.25, -0.2) is 0 Å². The number of nitrogens with zero attached hydrogens (tertiary/aromatic N) is 2. The maximum Gasteiger partial charge on any atom is 0.269 e. The zero-order valence-corrected chi connectivity index (χ0v) is 19.2. The van der Waals surface area contributed by atoms with Crippen LogP contribution in [0.1, 0.15) is 16.7 Å². The van der Waals surface area contributed by atoms with Gasteiger partial charge in [-0.1, -0.05) is 48.5 Å². The molecule has 1 saturated heterocycles. The lowest BCUT2D eigenvalue weighted by Gasteiger charge is -2.33. The summed E-state index contributed by atoms with van der Waals surface area (Å²) in [6.45, 7) is 3.74. The van der Waals surface area contributed by atoms with Gasteiger partial charge in [0, 0.05) is 16.9 Å². The van der Waals surface area contributed by atoms with Crippen molar-refractivity contribution in [3.63, 3.8) is 0 Å². The van der Waals surface area contributed by atoms with Gasteiger partial charge >= 0.3 is 0 Å². The van der Waals surface area contributed by atoms with Crippen molar-refractivity contribution in [1.82, 2.24) is 0 Å². The number of hydrogen-bond acceptors (Lipinski definition) is 4. The molecule has 5 rings (SSSR count). The first-order chi connectivity index (χ1) is 15.9. The summed E-state index contributed by atoms with van der Waals surface area (Å²) in [6, 6.07) is 22.5. The SMILES string of the molecule is Cc1cccc(N2C(=O)CSC23C(=O)N(CC(=O)Nc2ccccc2C)c2ccccc23)c1. The fourth-order valence-corrected chi connectivity index (χ4v) is 5.89. The van der Waals surface area contributed by atoms with Gasteiger partial charge in [0.1, 0.15) is 6.54 Å². The molecule has 1 fully saturated rings. The van der Waals surface area contributed by atoms with Crippen LogP contribution in [0.4, 0.5) is 17.1 Å². The summed E-state index contributed by atoms with van der Waals surface area (Å²) in [4.78, 5) is 41.9. The van der Waals surface area contributed by atoms with Gasteiger partial charge in [-0.05, 0) is 49.2 Å². The maximum atomic E-state index is 14.0. The maximum absolute atomic E-state index is 14.0. The molecule has 0 radical (unpaired) electrons. The molecule has 1 N–H and O–H groups in total. The normalized spacial score (nSPS) is 19.3. The van der Waals surface area contributed by atoms with Crippen LogP contribution >= 0.6 is 11.8 Å². The van der Waals surface area contributed by atoms with E-state index in [4.69, 9.17) is 0 Å². The molecular formula is C26H23N3O3S. The molecule has 33 heavy (non-hydrogen) atoms. The van der Waals surface area contributed by atoms with Crippen LogP contribution in [0.5, 0.6) is 0 Å². The van der Waals surface area contributed by atoms with E-state index < -0.39 is 4.87 Å². The largest absolute Gasteiger partial charge is 0.324 e. The Bertz CT molecular complexity index is 1290. The lowest BCUT2D eigenvalue weighted by Crippen LogP contribution is -2.50. The topological polar surface area (TPSA) is 69.7 Å². The van der Waals surface area contributed by atoms with Crippen molar-refractivity contribution in [1.29, 1.82) is 0 Å². The van der Waals surface area contributed by atoms with Crippen molar-refractivity contribution < 1.29 is 14.4 Å². The van der Waals surface area contributed by atoms with Gasteiger partial charge in [-0.15, -0.1) is 11.8 Å². The van der Waals surface area contributed by atoms with Crippen molar-refractivity contribution in [2.45, 2.75) is 18.7 Å². The minimum Gasteiger partial charge on any atom is -0.324 e. The fourth-order valence-electron chi connectivity index (χ4n) is 4.53. The summed E-state index contributed by atoms with van der Waals surface area (Å²) in [5, 5.41) is 2.91. The number of fused-ring (bicyclic) bond motifs is 2. The average Bonchev–Trinajstić information content (AvgIpc) is 3.26. The van der Waals surface area contributed by atoms with Crippen molar-refractivity contribution >= 4 is 46.5 Å². The van der Waals surface area contributed by atoms with E-state index in [0.717, 1.165) is 16.7 Å². The summed E-state index contributed by atoms with van der Waals surface area (Å²) in [5.74, 6) is -0.501. The smallest absolute Gasteiger partial charge is 0.269 e. The molecule has 0 bridgehead atoms. The van der Waals surface area contributed by atoms with E-state index in [1.165, 1.54) is 16.7 Å². The number of para-hydroxylation sites is 2. The monoisotopic (exact) mass is 457 g/mol. The number of nitrogens with one attached hydrogen (secondary N) is 1. The molecule has 0 aromatic heterocycles. The highest BCUT2D eigenvalue weighted by Crippen LogP contribution is 2.55. The Morgan fingerprint density at radius 3 is 2.55 bits per heavy atom. The van der Waals surface area contributed by atoms with Crippen LogP contribution in [-0.2, 0) is 19.3 Å². The first kappa shape index (κ1) is 21.3. The molecule has 3 aromatic rings. The van der Waals surface area contributed by atoms with Gasteiger partial charge in [-0.2, -0.15) is 0 Å². The molecule has 1 atom stereocenters. The van der Waals surface area contributed by atoms with Gasteiger partial charge in [0.25, 0.3) is 5.91 Å². The quantitative estimate of drug-likeness (QED) is 0.637. The van der Waals surface area contributed by atoms with Crippen molar-refractivity contribution in [3.05, 3.63) is 89.5 Å². The highest BCUT2D eigenvalue weighted by molar-refractivity contribution is 8.02. The molecule has 7 heteroatoms. The molecule has 2 aliphatic rings. The number of anilines is 3. The van der Waals surface area contributed by atoms with Gasteiger partial charge in [-0.3, -0.25) is 24.2 Å². The van der Waals surface area contributed by atoms with E-state index in [1.807, 2.05) is 86.6 Å². The van der Waals surface area contributed by atoms with Crippen molar-refractivity contribution in [2.24, 2.45) is 0 Å². The Hall–Kier alpha value is -3.58. The van der Waals surface area contributed by atoms with E-state index in [0.29, 0.717) is 17.1 Å². The number of carbonyl (C=O) groups is 3. The summed E-state index contributed by atoms with van der Waals surface area (Å²) in [5.41, 5.74) is 4.72. The van der Waals surface area contributed by atoms with Gasteiger partial charge in [0.15, 0.2) is 0 Å². The summed E-state index contributed by atoms with van der Waals surface area (Å²) >= 11 is 1.31. The highest BCUT2D eigenvalue weighted by Gasteiger charge is 2.61. The first-order valence-corrected chi connectivity index (χ1v) is 11.7. The number of thioether (sulfide) groups is 1. The van der Waals surface area contributed by atoms with Crippen LogP contribution < -0.4 is 15.1 Å². The van der Waals surface area contributed by atoms with Crippen LogP contribution in [0, 0.1) is 13.8 Å². The van der Waals surface area contributed by atoms with Crippen LogP contribution in [0.25, 0.3) is 0 Å². The van der Waals surface area contributed by atoms with Gasteiger partial charge < -0.3 is 5.32 Å². The van der Waals surface area contributed by atoms with Crippen LogP contribution in [0.3, 0.4) is 0 Å². The third-order valence-electron chi connectivity index (χ3n) is 6.04. The number of rotatable bonds is 4.